The fourth-order valence-electron chi connectivity index (χ4n) is 1.73. The van der Waals surface area contributed by atoms with Gasteiger partial charge in [-0.15, -0.1) is 0 Å². The largest absolute Gasteiger partial charge is 0.485 e. The Balaban J connectivity index is 1.97. The third-order valence-corrected chi connectivity index (χ3v) is 2.56. The average Bonchev–Trinajstić information content (AvgIpc) is 2.65. The Hall–Kier alpha value is -1.69. The standard InChI is InChI=1S/C10H13N3O3/c1-12-5-4-9(7-12)16-8-2-3-10(11-6-8)13(14)15/h2-3,6,9H,4-5,7H2,1H3. The Labute approximate surface area is 93.0 Å². The molecule has 1 aromatic heterocycles. The zero-order valence-electron chi connectivity index (χ0n) is 9.00. The molecule has 1 aliphatic heterocycles. The molecule has 0 amide bonds. The molecule has 6 heteroatoms. The molecule has 86 valence electrons. The van der Waals surface area contributed by atoms with E-state index in [1.807, 2.05) is 7.05 Å². The first-order valence-corrected chi connectivity index (χ1v) is 5.11. The van der Waals surface area contributed by atoms with Gasteiger partial charge in [-0.3, -0.25) is 0 Å². The fourth-order valence-corrected chi connectivity index (χ4v) is 1.73. The van der Waals surface area contributed by atoms with E-state index in [-0.39, 0.29) is 11.9 Å². The Morgan fingerprint density at radius 1 is 1.62 bits per heavy atom. The fraction of sp³-hybridized carbons (Fsp3) is 0.500. The molecule has 1 fully saturated rings. The summed E-state index contributed by atoms with van der Waals surface area (Å²) in [7, 11) is 2.04. The monoisotopic (exact) mass is 223 g/mol. The number of hydrogen-bond acceptors (Lipinski definition) is 5. The zero-order chi connectivity index (χ0) is 11.5. The predicted molar refractivity (Wildman–Crippen MR) is 57.4 cm³/mol. The van der Waals surface area contributed by atoms with E-state index < -0.39 is 4.92 Å². The van der Waals surface area contributed by atoms with Crippen LogP contribution in [0.4, 0.5) is 5.82 Å². The molecule has 16 heavy (non-hydrogen) atoms. The molecular weight excluding hydrogens is 210 g/mol. The molecule has 0 aromatic carbocycles. The van der Waals surface area contributed by atoms with Gasteiger partial charge in [0.2, 0.25) is 0 Å². The summed E-state index contributed by atoms with van der Waals surface area (Å²) in [5, 5.41) is 10.4. The molecule has 6 nitrogen and oxygen atoms in total. The van der Waals surface area contributed by atoms with Gasteiger partial charge in [0.05, 0.1) is 0 Å². The molecule has 2 rings (SSSR count). The van der Waals surface area contributed by atoms with Gasteiger partial charge in [0.25, 0.3) is 0 Å². The van der Waals surface area contributed by atoms with Gasteiger partial charge in [0, 0.05) is 19.2 Å². The van der Waals surface area contributed by atoms with Crippen molar-refractivity contribution in [2.75, 3.05) is 20.1 Å². The summed E-state index contributed by atoms with van der Waals surface area (Å²) < 4.78 is 5.65. The molecule has 1 atom stereocenters. The molecular formula is C10H13N3O3. The maximum atomic E-state index is 10.4. The SMILES string of the molecule is CN1CCC(Oc2ccc([N+](=O)[O-])nc2)C1. The molecule has 0 spiro atoms. The van der Waals surface area contributed by atoms with Crippen LogP contribution in [0.3, 0.4) is 0 Å². The first kappa shape index (κ1) is 10.8. The summed E-state index contributed by atoms with van der Waals surface area (Å²) in [4.78, 5) is 15.8. The Kier molecular flexibility index (Phi) is 3.00. The van der Waals surface area contributed by atoms with Crippen molar-refractivity contribution in [3.8, 4) is 5.75 Å². The first-order chi connectivity index (χ1) is 7.65. The van der Waals surface area contributed by atoms with Crippen molar-refractivity contribution in [1.82, 2.24) is 9.88 Å². The molecule has 1 aromatic rings. The van der Waals surface area contributed by atoms with Crippen molar-refractivity contribution in [3.63, 3.8) is 0 Å². The Bertz CT molecular complexity index is 379. The molecule has 0 N–H and O–H groups in total. The molecule has 0 aliphatic carbocycles. The Morgan fingerprint density at radius 3 is 2.94 bits per heavy atom. The smallest absolute Gasteiger partial charge is 0.363 e. The van der Waals surface area contributed by atoms with Gasteiger partial charge in [0.15, 0.2) is 11.9 Å². The highest BCUT2D eigenvalue weighted by atomic mass is 16.6. The number of nitrogens with zero attached hydrogens (tertiary/aromatic N) is 3. The molecule has 1 saturated heterocycles. The summed E-state index contributed by atoms with van der Waals surface area (Å²) >= 11 is 0. The maximum Gasteiger partial charge on any atom is 0.363 e. The van der Waals surface area contributed by atoms with Crippen molar-refractivity contribution in [1.29, 1.82) is 0 Å². The lowest BCUT2D eigenvalue weighted by atomic mass is 10.3. The molecule has 2 heterocycles. The second-order valence-electron chi connectivity index (χ2n) is 3.90. The lowest BCUT2D eigenvalue weighted by Crippen LogP contribution is -2.21. The second-order valence-corrected chi connectivity index (χ2v) is 3.90. The van der Waals surface area contributed by atoms with Crippen LogP contribution in [0.15, 0.2) is 18.3 Å². The van der Waals surface area contributed by atoms with Crippen molar-refractivity contribution >= 4 is 5.82 Å². The van der Waals surface area contributed by atoms with Gasteiger partial charge in [0.1, 0.15) is 6.10 Å². The summed E-state index contributed by atoms with van der Waals surface area (Å²) in [5.74, 6) is 0.432. The van der Waals surface area contributed by atoms with Crippen molar-refractivity contribution < 1.29 is 9.66 Å². The van der Waals surface area contributed by atoms with Crippen LogP contribution >= 0.6 is 0 Å². The van der Waals surface area contributed by atoms with Crippen LogP contribution in [-0.4, -0.2) is 41.0 Å². The van der Waals surface area contributed by atoms with Crippen LogP contribution in [0.1, 0.15) is 6.42 Å². The highest BCUT2D eigenvalue weighted by Crippen LogP contribution is 2.18. The normalized spacial score (nSPS) is 20.9. The molecule has 0 radical (unpaired) electrons. The molecule has 1 unspecified atom stereocenters. The van der Waals surface area contributed by atoms with E-state index in [4.69, 9.17) is 4.74 Å². The van der Waals surface area contributed by atoms with Crippen LogP contribution < -0.4 is 4.74 Å². The number of nitro groups is 1. The van der Waals surface area contributed by atoms with Crippen LogP contribution in [0, 0.1) is 10.1 Å². The summed E-state index contributed by atoms with van der Waals surface area (Å²) in [6.45, 7) is 1.90. The third kappa shape index (κ3) is 2.46. The van der Waals surface area contributed by atoms with E-state index >= 15 is 0 Å². The number of rotatable bonds is 3. The number of hydrogen-bond donors (Lipinski definition) is 0. The van der Waals surface area contributed by atoms with Crippen LogP contribution in [0.5, 0.6) is 5.75 Å². The minimum absolute atomic E-state index is 0.157. The van der Waals surface area contributed by atoms with Gasteiger partial charge in [-0.05, 0) is 29.4 Å². The lowest BCUT2D eigenvalue weighted by Gasteiger charge is -2.12. The third-order valence-electron chi connectivity index (χ3n) is 2.56. The highest BCUT2D eigenvalue weighted by molar-refractivity contribution is 5.27. The first-order valence-electron chi connectivity index (χ1n) is 5.11. The zero-order valence-corrected chi connectivity index (χ0v) is 9.00. The van der Waals surface area contributed by atoms with Gasteiger partial charge in [-0.2, -0.15) is 0 Å². The quantitative estimate of drug-likeness (QED) is 0.566. The molecule has 0 bridgehead atoms. The van der Waals surface area contributed by atoms with Gasteiger partial charge >= 0.3 is 5.82 Å². The molecule has 0 saturated carbocycles. The van der Waals surface area contributed by atoms with Crippen LogP contribution in [0.25, 0.3) is 0 Å². The van der Waals surface area contributed by atoms with Crippen molar-refractivity contribution in [2.24, 2.45) is 0 Å². The predicted octanol–water partition coefficient (Wildman–Crippen LogP) is 1.07. The lowest BCUT2D eigenvalue weighted by molar-refractivity contribution is -0.389. The van der Waals surface area contributed by atoms with Gasteiger partial charge in [-0.25, -0.2) is 0 Å². The number of pyridine rings is 1. The second kappa shape index (κ2) is 4.44. The summed E-state index contributed by atoms with van der Waals surface area (Å²) in [6.07, 6.45) is 2.54. The van der Waals surface area contributed by atoms with E-state index in [0.29, 0.717) is 5.75 Å². The summed E-state index contributed by atoms with van der Waals surface area (Å²) in [6, 6.07) is 2.94. The van der Waals surface area contributed by atoms with Crippen LogP contribution in [0.2, 0.25) is 0 Å². The van der Waals surface area contributed by atoms with E-state index in [0.717, 1.165) is 19.5 Å². The number of aromatic nitrogens is 1. The number of likely N-dealkylation sites (tertiary alicyclic amines) is 1. The minimum Gasteiger partial charge on any atom is -0.485 e. The topological polar surface area (TPSA) is 68.5 Å². The van der Waals surface area contributed by atoms with E-state index in [9.17, 15) is 10.1 Å². The van der Waals surface area contributed by atoms with Crippen molar-refractivity contribution in [3.05, 3.63) is 28.4 Å². The minimum atomic E-state index is -0.521. The van der Waals surface area contributed by atoms with E-state index in [2.05, 4.69) is 9.88 Å². The average molecular weight is 223 g/mol. The number of likely N-dealkylation sites (N-methyl/N-ethyl adjacent to an activating group) is 1. The summed E-state index contributed by atoms with van der Waals surface area (Å²) in [5.41, 5.74) is 0. The van der Waals surface area contributed by atoms with E-state index in [1.54, 1.807) is 6.07 Å². The van der Waals surface area contributed by atoms with Gasteiger partial charge in [-0.1, -0.05) is 0 Å². The van der Waals surface area contributed by atoms with Gasteiger partial charge < -0.3 is 19.8 Å². The van der Waals surface area contributed by atoms with Crippen molar-refractivity contribution in [2.45, 2.75) is 12.5 Å². The maximum absolute atomic E-state index is 10.4. The number of ether oxygens (including phenoxy) is 1. The molecule has 1 aliphatic rings. The highest BCUT2D eigenvalue weighted by Gasteiger charge is 2.21. The van der Waals surface area contributed by atoms with Crippen LogP contribution in [-0.2, 0) is 0 Å². The van der Waals surface area contributed by atoms with E-state index in [1.165, 1.54) is 12.3 Å². The Morgan fingerprint density at radius 2 is 2.44 bits per heavy atom.